The average Bonchev–Trinajstić information content (AvgIpc) is 3.08. The average molecular weight is 362 g/mol. The summed E-state index contributed by atoms with van der Waals surface area (Å²) in [5.74, 6) is -0.878. The molecule has 0 saturated carbocycles. The highest BCUT2D eigenvalue weighted by atomic mass is 16.4. The van der Waals surface area contributed by atoms with Crippen molar-refractivity contribution in [2.75, 3.05) is 6.54 Å². The summed E-state index contributed by atoms with van der Waals surface area (Å²) in [6.07, 6.45) is 2.02. The van der Waals surface area contributed by atoms with Crippen LogP contribution < -0.4 is 0 Å². The fourth-order valence-electron chi connectivity index (χ4n) is 4.76. The molecule has 1 saturated heterocycles. The van der Waals surface area contributed by atoms with Gasteiger partial charge in [-0.2, -0.15) is 0 Å². The third-order valence-electron chi connectivity index (χ3n) is 5.93. The van der Waals surface area contributed by atoms with Gasteiger partial charge in [-0.3, -0.25) is 4.90 Å². The molecule has 1 aromatic heterocycles. The number of hydrogen-bond donors (Lipinski definition) is 2. The Labute approximate surface area is 159 Å². The van der Waals surface area contributed by atoms with E-state index in [-0.39, 0.29) is 11.5 Å². The summed E-state index contributed by atoms with van der Waals surface area (Å²) >= 11 is 0. The zero-order chi connectivity index (χ0) is 19.3. The highest BCUT2D eigenvalue weighted by Gasteiger charge is 2.46. The van der Waals surface area contributed by atoms with Crippen LogP contribution in [0, 0.1) is 19.3 Å². The number of hydrogen-bond acceptors (Lipinski definition) is 2. The molecule has 0 aliphatic carbocycles. The van der Waals surface area contributed by atoms with E-state index in [9.17, 15) is 4.79 Å². The van der Waals surface area contributed by atoms with Crippen molar-refractivity contribution in [2.24, 2.45) is 5.41 Å². The second-order valence-electron chi connectivity index (χ2n) is 8.48. The first-order valence-corrected chi connectivity index (χ1v) is 9.41. The van der Waals surface area contributed by atoms with Crippen LogP contribution in [0.3, 0.4) is 0 Å². The second-order valence-corrected chi connectivity index (χ2v) is 8.48. The van der Waals surface area contributed by atoms with Crippen LogP contribution in [-0.2, 0) is 6.54 Å². The number of rotatable bonds is 4. The van der Waals surface area contributed by atoms with Gasteiger partial charge >= 0.3 is 5.97 Å². The second kappa shape index (κ2) is 6.24. The molecule has 2 N–H and O–H groups in total. The van der Waals surface area contributed by atoms with Crippen LogP contribution in [0.4, 0.5) is 0 Å². The molecule has 27 heavy (non-hydrogen) atoms. The standard InChI is InChI=1S/C23H26N2O2/c1-14-11-15(2)20-18(9-10-24-20)19(14)12-25-13-23(3,4)21(25)16-5-7-17(8-6-16)22(26)27/h5-11,21,24H,12-13H2,1-4H3,(H,26,27)/t21-/m0/s1. The maximum absolute atomic E-state index is 11.1. The summed E-state index contributed by atoms with van der Waals surface area (Å²) < 4.78 is 0. The van der Waals surface area contributed by atoms with Gasteiger partial charge < -0.3 is 10.1 Å². The van der Waals surface area contributed by atoms with Gasteiger partial charge in [-0.05, 0) is 59.7 Å². The Morgan fingerprint density at radius 2 is 1.89 bits per heavy atom. The zero-order valence-corrected chi connectivity index (χ0v) is 16.3. The van der Waals surface area contributed by atoms with Gasteiger partial charge in [0, 0.05) is 36.2 Å². The predicted octanol–water partition coefficient (Wildman–Crippen LogP) is 5.07. The molecule has 140 valence electrons. The van der Waals surface area contributed by atoms with Crippen LogP contribution in [0.2, 0.25) is 0 Å². The number of carboxylic acids is 1. The SMILES string of the molecule is Cc1cc(C)c2[nH]ccc2c1CN1CC(C)(C)[C@@H]1c1ccc(C(=O)O)cc1. The molecular weight excluding hydrogens is 336 g/mol. The Morgan fingerprint density at radius 3 is 2.52 bits per heavy atom. The van der Waals surface area contributed by atoms with Crippen LogP contribution in [-0.4, -0.2) is 27.5 Å². The molecule has 0 unspecified atom stereocenters. The number of aromatic nitrogens is 1. The molecule has 3 aromatic rings. The topological polar surface area (TPSA) is 56.3 Å². The van der Waals surface area contributed by atoms with E-state index in [0.29, 0.717) is 5.56 Å². The summed E-state index contributed by atoms with van der Waals surface area (Å²) in [7, 11) is 0. The first kappa shape index (κ1) is 17.8. The minimum Gasteiger partial charge on any atom is -0.478 e. The smallest absolute Gasteiger partial charge is 0.335 e. The highest BCUT2D eigenvalue weighted by molar-refractivity contribution is 5.88. The highest BCUT2D eigenvalue weighted by Crippen LogP contribution is 2.49. The van der Waals surface area contributed by atoms with Gasteiger partial charge in [0.05, 0.1) is 5.56 Å². The van der Waals surface area contributed by atoms with Crippen molar-refractivity contribution in [2.45, 2.75) is 40.3 Å². The van der Waals surface area contributed by atoms with E-state index in [1.54, 1.807) is 12.1 Å². The van der Waals surface area contributed by atoms with E-state index < -0.39 is 5.97 Å². The summed E-state index contributed by atoms with van der Waals surface area (Å²) in [6, 6.07) is 12.1. The van der Waals surface area contributed by atoms with Crippen LogP contribution in [0.5, 0.6) is 0 Å². The Bertz CT molecular complexity index is 1010. The lowest BCUT2D eigenvalue weighted by Crippen LogP contribution is -2.54. The number of nitrogens with one attached hydrogen (secondary N) is 1. The van der Waals surface area contributed by atoms with Crippen LogP contribution >= 0.6 is 0 Å². The van der Waals surface area contributed by atoms with Crippen molar-refractivity contribution in [1.82, 2.24) is 9.88 Å². The van der Waals surface area contributed by atoms with Gasteiger partial charge in [-0.25, -0.2) is 4.79 Å². The van der Waals surface area contributed by atoms with Crippen molar-refractivity contribution < 1.29 is 9.90 Å². The molecule has 1 atom stereocenters. The summed E-state index contributed by atoms with van der Waals surface area (Å²) in [5, 5.41) is 10.5. The van der Waals surface area contributed by atoms with Gasteiger partial charge in [0.25, 0.3) is 0 Å². The molecule has 0 amide bonds. The largest absolute Gasteiger partial charge is 0.478 e. The minimum absolute atomic E-state index is 0.167. The normalized spacial score (nSPS) is 19.2. The van der Waals surface area contributed by atoms with Crippen molar-refractivity contribution in [3.05, 3.63) is 70.4 Å². The fraction of sp³-hybridized carbons (Fsp3) is 0.348. The number of aromatic carboxylic acids is 1. The lowest BCUT2D eigenvalue weighted by Gasteiger charge is -2.55. The number of nitrogens with zero attached hydrogens (tertiary/aromatic N) is 1. The summed E-state index contributed by atoms with van der Waals surface area (Å²) in [4.78, 5) is 17.0. The first-order chi connectivity index (χ1) is 12.8. The van der Waals surface area contributed by atoms with Crippen molar-refractivity contribution >= 4 is 16.9 Å². The zero-order valence-electron chi connectivity index (χ0n) is 16.3. The van der Waals surface area contributed by atoms with Crippen LogP contribution in [0.25, 0.3) is 10.9 Å². The molecule has 4 heteroatoms. The number of carbonyl (C=O) groups is 1. The number of aromatic amines is 1. The summed E-state index contributed by atoms with van der Waals surface area (Å²) in [6.45, 7) is 10.8. The monoisotopic (exact) mass is 362 g/mol. The molecule has 0 bridgehead atoms. The van der Waals surface area contributed by atoms with Gasteiger partial charge in [-0.15, -0.1) is 0 Å². The molecule has 0 spiro atoms. The third-order valence-corrected chi connectivity index (χ3v) is 5.93. The lowest BCUT2D eigenvalue weighted by atomic mass is 9.71. The molecule has 1 aliphatic heterocycles. The van der Waals surface area contributed by atoms with Gasteiger partial charge in [-0.1, -0.05) is 32.0 Å². The number of fused-ring (bicyclic) bond motifs is 1. The minimum atomic E-state index is -0.878. The molecule has 1 fully saturated rings. The van der Waals surface area contributed by atoms with E-state index in [1.807, 2.05) is 18.3 Å². The van der Waals surface area contributed by atoms with E-state index in [4.69, 9.17) is 5.11 Å². The van der Waals surface area contributed by atoms with E-state index in [1.165, 1.54) is 33.2 Å². The van der Waals surface area contributed by atoms with Crippen LogP contribution in [0.1, 0.15) is 52.5 Å². The summed E-state index contributed by atoms with van der Waals surface area (Å²) in [5.41, 5.74) is 6.89. The first-order valence-electron chi connectivity index (χ1n) is 9.41. The van der Waals surface area contributed by atoms with Gasteiger partial charge in [0.1, 0.15) is 0 Å². The maximum atomic E-state index is 11.1. The number of likely N-dealkylation sites (tertiary alicyclic amines) is 1. The van der Waals surface area contributed by atoms with Crippen LogP contribution in [0.15, 0.2) is 42.6 Å². The quantitative estimate of drug-likeness (QED) is 0.681. The fourth-order valence-corrected chi connectivity index (χ4v) is 4.76. The maximum Gasteiger partial charge on any atom is 0.335 e. The van der Waals surface area contributed by atoms with Gasteiger partial charge in [0.2, 0.25) is 0 Å². The van der Waals surface area contributed by atoms with Gasteiger partial charge in [0.15, 0.2) is 0 Å². The molecular formula is C23H26N2O2. The lowest BCUT2D eigenvalue weighted by molar-refractivity contribution is -0.0586. The molecule has 0 radical (unpaired) electrons. The molecule has 2 aromatic carbocycles. The Kier molecular flexibility index (Phi) is 4.11. The molecule has 2 heterocycles. The van der Waals surface area contributed by atoms with E-state index in [0.717, 1.165) is 13.1 Å². The van der Waals surface area contributed by atoms with E-state index >= 15 is 0 Å². The molecule has 1 aliphatic rings. The number of benzene rings is 2. The Hall–Kier alpha value is -2.59. The van der Waals surface area contributed by atoms with Crippen molar-refractivity contribution in [3.63, 3.8) is 0 Å². The van der Waals surface area contributed by atoms with E-state index in [2.05, 4.69) is 49.7 Å². The predicted molar refractivity (Wildman–Crippen MR) is 108 cm³/mol. The molecule has 4 rings (SSSR count). The number of H-pyrrole nitrogens is 1. The molecule has 4 nitrogen and oxygen atoms in total. The number of aryl methyl sites for hydroxylation is 2. The Balaban J connectivity index is 1.67. The van der Waals surface area contributed by atoms with Crippen molar-refractivity contribution in [3.8, 4) is 0 Å². The number of carboxylic acid groups (broad SMARTS) is 1. The Morgan fingerprint density at radius 1 is 1.19 bits per heavy atom. The third kappa shape index (κ3) is 2.94. The van der Waals surface area contributed by atoms with Crippen molar-refractivity contribution in [1.29, 1.82) is 0 Å².